The topological polar surface area (TPSA) is 146 Å². The van der Waals surface area contributed by atoms with Crippen molar-refractivity contribution in [3.05, 3.63) is 5.82 Å². The molecule has 0 aromatic carbocycles. The zero-order valence-corrected chi connectivity index (χ0v) is 14.9. The van der Waals surface area contributed by atoms with Crippen molar-refractivity contribution in [1.82, 2.24) is 25.4 Å². The number of carbonyl (C=O) groups excluding carboxylic acids is 2. The minimum absolute atomic E-state index is 0.0532. The summed E-state index contributed by atoms with van der Waals surface area (Å²) in [5.74, 6) is -0.185. The van der Waals surface area contributed by atoms with Gasteiger partial charge in [-0.2, -0.15) is 15.0 Å². The van der Waals surface area contributed by atoms with E-state index in [-0.39, 0.29) is 36.7 Å². The first-order valence-electron chi connectivity index (χ1n) is 8.35. The van der Waals surface area contributed by atoms with E-state index in [1.54, 1.807) is 0 Å². The van der Waals surface area contributed by atoms with Gasteiger partial charge in [-0.3, -0.25) is 25.6 Å². The van der Waals surface area contributed by atoms with Crippen molar-refractivity contribution in [2.45, 2.75) is 52.4 Å². The largest absolute Gasteiger partial charge is 0.368 e. The first-order chi connectivity index (χ1) is 11.9. The molecule has 10 heteroatoms. The molecule has 0 saturated heterocycles. The Kier molecular flexibility index (Phi) is 8.54. The lowest BCUT2D eigenvalue weighted by atomic mass is 10.0. The molecule has 0 fully saturated rings. The number of rotatable bonds is 11. The molecule has 10 nitrogen and oxygen atoms in total. The van der Waals surface area contributed by atoms with Crippen molar-refractivity contribution >= 4 is 24.2 Å². The van der Waals surface area contributed by atoms with Crippen LogP contribution in [-0.2, 0) is 9.59 Å². The van der Waals surface area contributed by atoms with Crippen LogP contribution in [0.15, 0.2) is 0 Å². The van der Waals surface area contributed by atoms with E-state index in [4.69, 9.17) is 5.73 Å². The van der Waals surface area contributed by atoms with Gasteiger partial charge in [-0.05, 0) is 6.42 Å². The Hall–Kier alpha value is -2.49. The number of hydrazine groups is 1. The lowest BCUT2D eigenvalue weighted by molar-refractivity contribution is -0.154. The molecular formula is C15H27N7O3. The smallest absolute Gasteiger partial charge is 0.246 e. The van der Waals surface area contributed by atoms with Gasteiger partial charge in [0.05, 0.1) is 12.5 Å². The third kappa shape index (κ3) is 7.29. The van der Waals surface area contributed by atoms with Gasteiger partial charge in [-0.1, -0.05) is 40.0 Å². The fourth-order valence-electron chi connectivity index (χ4n) is 2.16. The van der Waals surface area contributed by atoms with Gasteiger partial charge >= 0.3 is 0 Å². The van der Waals surface area contributed by atoms with Gasteiger partial charge in [-0.25, -0.2) is 5.06 Å². The number of nitrogens with two attached hydrogens (primary N) is 1. The number of aromatic nitrogens is 3. The second-order valence-corrected chi connectivity index (χ2v) is 6.06. The van der Waals surface area contributed by atoms with Crippen molar-refractivity contribution in [2.24, 2.45) is 5.92 Å². The molecule has 0 aliphatic rings. The van der Waals surface area contributed by atoms with Crippen LogP contribution in [0.25, 0.3) is 0 Å². The molecule has 0 radical (unpaired) electrons. The Bertz CT molecular complexity index is 568. The number of amides is 2. The molecule has 1 heterocycles. The maximum Gasteiger partial charge on any atom is 0.246 e. The minimum Gasteiger partial charge on any atom is -0.368 e. The van der Waals surface area contributed by atoms with Crippen molar-refractivity contribution < 1.29 is 14.8 Å². The molecular weight excluding hydrogens is 326 g/mol. The normalized spacial score (nSPS) is 11.9. The molecule has 1 aromatic rings. The summed E-state index contributed by atoms with van der Waals surface area (Å²) in [5, 5.41) is 9.83. The fraction of sp³-hybridized carbons (Fsp3) is 0.667. The summed E-state index contributed by atoms with van der Waals surface area (Å²) >= 11 is 0. The zero-order valence-electron chi connectivity index (χ0n) is 14.9. The van der Waals surface area contributed by atoms with Crippen LogP contribution in [0, 0.1) is 5.92 Å². The Morgan fingerprint density at radius 3 is 2.64 bits per heavy atom. The SMILES string of the molecule is CCCCCC(CN(O)C=O)C(=O)NNc1nc(N)nc(C(C)C)n1. The highest BCUT2D eigenvalue weighted by Gasteiger charge is 2.21. The lowest BCUT2D eigenvalue weighted by Crippen LogP contribution is -2.40. The molecule has 140 valence electrons. The fourth-order valence-corrected chi connectivity index (χ4v) is 2.16. The third-order valence-electron chi connectivity index (χ3n) is 3.54. The summed E-state index contributed by atoms with van der Waals surface area (Å²) < 4.78 is 0. The first-order valence-corrected chi connectivity index (χ1v) is 8.35. The van der Waals surface area contributed by atoms with Crippen molar-refractivity contribution in [3.8, 4) is 0 Å². The number of carbonyl (C=O) groups is 2. The van der Waals surface area contributed by atoms with E-state index >= 15 is 0 Å². The van der Waals surface area contributed by atoms with E-state index in [0.717, 1.165) is 19.3 Å². The second kappa shape index (κ2) is 10.4. The monoisotopic (exact) mass is 353 g/mol. The van der Waals surface area contributed by atoms with E-state index in [0.29, 0.717) is 17.3 Å². The number of nitrogens with zero attached hydrogens (tertiary/aromatic N) is 4. The van der Waals surface area contributed by atoms with Crippen molar-refractivity contribution in [3.63, 3.8) is 0 Å². The summed E-state index contributed by atoms with van der Waals surface area (Å²) in [7, 11) is 0. The van der Waals surface area contributed by atoms with Crippen LogP contribution in [0.4, 0.5) is 11.9 Å². The summed E-state index contributed by atoms with van der Waals surface area (Å²) in [6.45, 7) is 5.79. The van der Waals surface area contributed by atoms with Crippen LogP contribution in [0.1, 0.15) is 58.2 Å². The van der Waals surface area contributed by atoms with Gasteiger partial charge in [0.15, 0.2) is 0 Å². The average Bonchev–Trinajstić information content (AvgIpc) is 2.58. The number of hydroxylamine groups is 2. The van der Waals surface area contributed by atoms with Gasteiger partial charge in [0.25, 0.3) is 0 Å². The van der Waals surface area contributed by atoms with E-state index in [1.165, 1.54) is 0 Å². The number of unbranched alkanes of at least 4 members (excludes halogenated alkanes) is 2. The lowest BCUT2D eigenvalue weighted by Gasteiger charge is -2.19. The molecule has 1 rings (SSSR count). The Morgan fingerprint density at radius 1 is 1.32 bits per heavy atom. The summed E-state index contributed by atoms with van der Waals surface area (Å²) in [6, 6.07) is 0. The second-order valence-electron chi connectivity index (χ2n) is 6.06. The summed E-state index contributed by atoms with van der Waals surface area (Å²) in [5.41, 5.74) is 10.7. The zero-order chi connectivity index (χ0) is 18.8. The van der Waals surface area contributed by atoms with Crippen LogP contribution < -0.4 is 16.6 Å². The van der Waals surface area contributed by atoms with Crippen molar-refractivity contribution in [1.29, 1.82) is 0 Å². The standard InChI is InChI=1S/C15H27N7O3/c1-4-5-6-7-11(8-22(25)9-23)13(24)20-21-15-18-12(10(2)3)17-14(16)19-15/h9-11,25H,4-8H2,1-3H3,(H,20,24)(H3,16,17,18,19,21). The van der Waals surface area contributed by atoms with Gasteiger partial charge in [0.2, 0.25) is 24.2 Å². The molecule has 25 heavy (non-hydrogen) atoms. The predicted molar refractivity (Wildman–Crippen MR) is 92.3 cm³/mol. The highest BCUT2D eigenvalue weighted by molar-refractivity contribution is 5.80. The Balaban J connectivity index is 2.70. The Morgan fingerprint density at radius 2 is 2.04 bits per heavy atom. The highest BCUT2D eigenvalue weighted by atomic mass is 16.5. The molecule has 5 N–H and O–H groups in total. The van der Waals surface area contributed by atoms with Crippen LogP contribution in [0.5, 0.6) is 0 Å². The van der Waals surface area contributed by atoms with Crippen LogP contribution in [0.3, 0.4) is 0 Å². The van der Waals surface area contributed by atoms with E-state index in [9.17, 15) is 14.8 Å². The summed E-state index contributed by atoms with van der Waals surface area (Å²) in [6.07, 6.45) is 3.60. The number of anilines is 2. The van der Waals surface area contributed by atoms with Gasteiger partial charge in [0.1, 0.15) is 5.82 Å². The number of nitrogens with one attached hydrogen (secondary N) is 2. The van der Waals surface area contributed by atoms with Gasteiger partial charge in [0, 0.05) is 5.92 Å². The van der Waals surface area contributed by atoms with Crippen LogP contribution in [0.2, 0.25) is 0 Å². The molecule has 0 saturated carbocycles. The maximum atomic E-state index is 12.3. The van der Waals surface area contributed by atoms with E-state index in [1.807, 2.05) is 13.8 Å². The van der Waals surface area contributed by atoms with E-state index < -0.39 is 5.92 Å². The molecule has 0 spiro atoms. The van der Waals surface area contributed by atoms with Gasteiger partial charge < -0.3 is 5.73 Å². The van der Waals surface area contributed by atoms with E-state index in [2.05, 4.69) is 32.7 Å². The third-order valence-corrected chi connectivity index (χ3v) is 3.54. The molecule has 0 aliphatic heterocycles. The number of nitrogen functional groups attached to an aromatic ring is 1. The van der Waals surface area contributed by atoms with Gasteiger partial charge in [-0.15, -0.1) is 0 Å². The first kappa shape index (κ1) is 20.6. The molecule has 1 aromatic heterocycles. The minimum atomic E-state index is -0.557. The predicted octanol–water partition coefficient (Wildman–Crippen LogP) is 1.06. The highest BCUT2D eigenvalue weighted by Crippen LogP contribution is 2.13. The molecule has 1 atom stereocenters. The molecule has 0 bridgehead atoms. The molecule has 2 amide bonds. The van der Waals surface area contributed by atoms with Crippen LogP contribution in [-0.4, -0.2) is 44.1 Å². The molecule has 1 unspecified atom stereocenters. The van der Waals surface area contributed by atoms with Crippen molar-refractivity contribution in [2.75, 3.05) is 17.7 Å². The average molecular weight is 353 g/mol. The number of hydrogen-bond acceptors (Lipinski definition) is 8. The van der Waals surface area contributed by atoms with Crippen LogP contribution >= 0.6 is 0 Å². The maximum absolute atomic E-state index is 12.3. The Labute approximate surface area is 147 Å². The number of hydrogen-bond donors (Lipinski definition) is 4. The molecule has 0 aliphatic carbocycles. The summed E-state index contributed by atoms with van der Waals surface area (Å²) in [4.78, 5) is 35.0. The quantitative estimate of drug-likeness (QED) is 0.200.